The van der Waals surface area contributed by atoms with Crippen LogP contribution in [0, 0.1) is 0 Å². The lowest BCUT2D eigenvalue weighted by atomic mass is 10.1. The van der Waals surface area contributed by atoms with Crippen LogP contribution >= 0.6 is 0 Å². The molecule has 0 saturated heterocycles. The average molecular weight is 379 g/mol. The third-order valence-corrected chi connectivity index (χ3v) is 3.87. The Bertz CT molecular complexity index is 984. The SMILES string of the molecule is CCC(=O)Nc1ccc(C(=O)COC(=O)c2ccccc2-n2cnnn2)cc1. The normalized spacial score (nSPS) is 10.3. The number of hydrogen-bond acceptors (Lipinski definition) is 7. The first-order valence-electron chi connectivity index (χ1n) is 8.51. The summed E-state index contributed by atoms with van der Waals surface area (Å²) in [5.41, 5.74) is 1.65. The Morgan fingerprint density at radius 2 is 1.82 bits per heavy atom. The number of aromatic nitrogens is 4. The molecule has 0 bridgehead atoms. The smallest absolute Gasteiger partial charge is 0.340 e. The maximum atomic E-state index is 12.4. The molecule has 0 aliphatic rings. The Balaban J connectivity index is 1.64. The second-order valence-electron chi connectivity index (χ2n) is 5.75. The molecule has 0 fully saturated rings. The number of ether oxygens (including phenoxy) is 1. The summed E-state index contributed by atoms with van der Waals surface area (Å²) in [6.45, 7) is 1.34. The van der Waals surface area contributed by atoms with Crippen molar-refractivity contribution < 1.29 is 19.1 Å². The number of para-hydroxylation sites is 1. The summed E-state index contributed by atoms with van der Waals surface area (Å²) in [7, 11) is 0. The molecule has 0 spiro atoms. The first kappa shape index (κ1) is 18.9. The number of hydrogen-bond donors (Lipinski definition) is 1. The summed E-state index contributed by atoms with van der Waals surface area (Å²) in [5.74, 6) is -1.14. The van der Waals surface area contributed by atoms with Gasteiger partial charge in [-0.15, -0.1) is 5.10 Å². The number of esters is 1. The maximum absolute atomic E-state index is 12.4. The Hall–Kier alpha value is -3.88. The third kappa shape index (κ3) is 4.44. The van der Waals surface area contributed by atoms with Crippen molar-refractivity contribution in [2.75, 3.05) is 11.9 Å². The first-order chi connectivity index (χ1) is 13.6. The van der Waals surface area contributed by atoms with Gasteiger partial charge in [-0.25, -0.2) is 4.79 Å². The van der Waals surface area contributed by atoms with E-state index in [0.29, 0.717) is 23.4 Å². The predicted molar refractivity (Wildman–Crippen MR) is 99.1 cm³/mol. The lowest BCUT2D eigenvalue weighted by Crippen LogP contribution is -2.16. The Kier molecular flexibility index (Phi) is 5.85. The molecule has 142 valence electrons. The zero-order valence-corrected chi connectivity index (χ0v) is 15.0. The number of anilines is 1. The van der Waals surface area contributed by atoms with Gasteiger partial charge in [0.1, 0.15) is 6.33 Å². The van der Waals surface area contributed by atoms with Crippen molar-refractivity contribution >= 4 is 23.3 Å². The van der Waals surface area contributed by atoms with E-state index in [9.17, 15) is 14.4 Å². The average Bonchev–Trinajstić information content (AvgIpc) is 3.27. The van der Waals surface area contributed by atoms with E-state index in [1.807, 2.05) is 0 Å². The van der Waals surface area contributed by atoms with Crippen molar-refractivity contribution in [3.63, 3.8) is 0 Å². The van der Waals surface area contributed by atoms with Crippen LogP contribution in [-0.4, -0.2) is 44.5 Å². The van der Waals surface area contributed by atoms with Crippen LogP contribution in [0.5, 0.6) is 0 Å². The number of tetrazole rings is 1. The van der Waals surface area contributed by atoms with Gasteiger partial charge in [0.2, 0.25) is 5.91 Å². The lowest BCUT2D eigenvalue weighted by molar-refractivity contribution is -0.115. The highest BCUT2D eigenvalue weighted by molar-refractivity contribution is 6.00. The summed E-state index contributed by atoms with van der Waals surface area (Å²) in [6, 6.07) is 13.0. The van der Waals surface area contributed by atoms with E-state index < -0.39 is 12.6 Å². The van der Waals surface area contributed by atoms with Crippen molar-refractivity contribution in [3.05, 3.63) is 66.0 Å². The van der Waals surface area contributed by atoms with Gasteiger partial charge in [0.15, 0.2) is 12.4 Å². The van der Waals surface area contributed by atoms with E-state index in [2.05, 4.69) is 20.8 Å². The standard InChI is InChI=1S/C19H17N5O4/c1-2-18(26)21-14-9-7-13(8-10-14)17(25)11-28-19(27)15-5-3-4-6-16(15)24-12-20-22-23-24/h3-10,12H,2,11H2,1H3,(H,21,26). The highest BCUT2D eigenvalue weighted by Gasteiger charge is 2.16. The molecule has 0 unspecified atom stereocenters. The molecule has 1 aromatic heterocycles. The minimum Gasteiger partial charge on any atom is -0.454 e. The Labute approximate surface area is 160 Å². The van der Waals surface area contributed by atoms with Gasteiger partial charge in [-0.2, -0.15) is 4.68 Å². The zero-order valence-electron chi connectivity index (χ0n) is 15.0. The molecule has 3 rings (SSSR count). The van der Waals surface area contributed by atoms with Gasteiger partial charge in [-0.3, -0.25) is 9.59 Å². The molecule has 1 N–H and O–H groups in total. The van der Waals surface area contributed by atoms with Crippen molar-refractivity contribution in [1.82, 2.24) is 20.2 Å². The van der Waals surface area contributed by atoms with Crippen molar-refractivity contribution in [2.24, 2.45) is 0 Å². The highest BCUT2D eigenvalue weighted by Crippen LogP contribution is 2.15. The molecule has 0 atom stereocenters. The molecule has 1 amide bonds. The van der Waals surface area contributed by atoms with Gasteiger partial charge in [0.05, 0.1) is 11.3 Å². The highest BCUT2D eigenvalue weighted by atomic mass is 16.5. The number of ketones is 1. The molecule has 3 aromatic rings. The Morgan fingerprint density at radius 1 is 1.07 bits per heavy atom. The number of amides is 1. The van der Waals surface area contributed by atoms with Gasteiger partial charge in [0.25, 0.3) is 0 Å². The first-order valence-corrected chi connectivity index (χ1v) is 8.51. The minimum atomic E-state index is -0.661. The van der Waals surface area contributed by atoms with Crippen LogP contribution in [0.2, 0.25) is 0 Å². The third-order valence-electron chi connectivity index (χ3n) is 3.87. The van der Waals surface area contributed by atoms with Gasteiger partial charge >= 0.3 is 5.97 Å². The summed E-state index contributed by atoms with van der Waals surface area (Å²) >= 11 is 0. The number of carbonyl (C=O) groups excluding carboxylic acids is 3. The quantitative estimate of drug-likeness (QED) is 0.493. The summed E-state index contributed by atoms with van der Waals surface area (Å²) in [4.78, 5) is 36.1. The number of Topliss-reactive ketones (excluding diaryl/α,β-unsaturated/α-hetero) is 1. The van der Waals surface area contributed by atoms with Crippen LogP contribution < -0.4 is 5.32 Å². The van der Waals surface area contributed by atoms with E-state index in [4.69, 9.17) is 4.74 Å². The van der Waals surface area contributed by atoms with Crippen molar-refractivity contribution in [2.45, 2.75) is 13.3 Å². The molecule has 0 aliphatic carbocycles. The number of nitrogens with zero attached hydrogens (tertiary/aromatic N) is 4. The monoisotopic (exact) mass is 379 g/mol. The molecular formula is C19H17N5O4. The van der Waals surface area contributed by atoms with Gasteiger partial charge in [0, 0.05) is 17.7 Å². The Morgan fingerprint density at radius 3 is 2.50 bits per heavy atom. The molecule has 9 nitrogen and oxygen atoms in total. The fourth-order valence-corrected chi connectivity index (χ4v) is 2.40. The van der Waals surface area contributed by atoms with E-state index in [0.717, 1.165) is 0 Å². The van der Waals surface area contributed by atoms with Gasteiger partial charge in [-0.05, 0) is 46.8 Å². The molecule has 1 heterocycles. The topological polar surface area (TPSA) is 116 Å². The summed E-state index contributed by atoms with van der Waals surface area (Å²) in [5, 5.41) is 13.5. The molecule has 0 saturated carbocycles. The van der Waals surface area contributed by atoms with E-state index >= 15 is 0 Å². The van der Waals surface area contributed by atoms with Crippen LogP contribution in [0.1, 0.15) is 34.1 Å². The summed E-state index contributed by atoms with van der Waals surface area (Å²) < 4.78 is 6.49. The van der Waals surface area contributed by atoms with E-state index in [1.54, 1.807) is 55.5 Å². The second kappa shape index (κ2) is 8.67. The van der Waals surface area contributed by atoms with Gasteiger partial charge < -0.3 is 10.1 Å². The maximum Gasteiger partial charge on any atom is 0.340 e. The van der Waals surface area contributed by atoms with Crippen LogP contribution in [-0.2, 0) is 9.53 Å². The minimum absolute atomic E-state index is 0.116. The van der Waals surface area contributed by atoms with Crippen LogP contribution in [0.15, 0.2) is 54.9 Å². The van der Waals surface area contributed by atoms with E-state index in [-0.39, 0.29) is 17.3 Å². The van der Waals surface area contributed by atoms with E-state index in [1.165, 1.54) is 11.0 Å². The van der Waals surface area contributed by atoms with Crippen LogP contribution in [0.4, 0.5) is 5.69 Å². The van der Waals surface area contributed by atoms with Crippen molar-refractivity contribution in [3.8, 4) is 5.69 Å². The molecule has 9 heteroatoms. The summed E-state index contributed by atoms with van der Waals surface area (Å²) in [6.07, 6.45) is 1.72. The number of benzene rings is 2. The second-order valence-corrected chi connectivity index (χ2v) is 5.75. The molecule has 0 aliphatic heterocycles. The number of rotatable bonds is 7. The van der Waals surface area contributed by atoms with Crippen molar-refractivity contribution in [1.29, 1.82) is 0 Å². The zero-order chi connectivity index (χ0) is 19.9. The number of nitrogens with one attached hydrogen (secondary N) is 1. The predicted octanol–water partition coefficient (Wildman–Crippen LogP) is 2.05. The lowest BCUT2D eigenvalue weighted by Gasteiger charge is -2.09. The number of carbonyl (C=O) groups is 3. The van der Waals surface area contributed by atoms with Crippen LogP contribution in [0.25, 0.3) is 5.69 Å². The van der Waals surface area contributed by atoms with Crippen LogP contribution in [0.3, 0.4) is 0 Å². The molecule has 2 aromatic carbocycles. The fourth-order valence-electron chi connectivity index (χ4n) is 2.40. The molecular weight excluding hydrogens is 362 g/mol. The molecule has 0 radical (unpaired) electrons. The van der Waals surface area contributed by atoms with Gasteiger partial charge in [-0.1, -0.05) is 19.1 Å². The molecule has 28 heavy (non-hydrogen) atoms. The fraction of sp³-hybridized carbons (Fsp3) is 0.158. The largest absolute Gasteiger partial charge is 0.454 e.